The van der Waals surface area contributed by atoms with Gasteiger partial charge in [-0.2, -0.15) is 0 Å². The van der Waals surface area contributed by atoms with Crippen molar-refractivity contribution >= 4 is 17.5 Å². The fourth-order valence-corrected chi connectivity index (χ4v) is 2.56. The van der Waals surface area contributed by atoms with Crippen molar-refractivity contribution in [3.8, 4) is 0 Å². The lowest BCUT2D eigenvalue weighted by molar-refractivity contribution is 0.493. The molecule has 3 rings (SSSR count). The summed E-state index contributed by atoms with van der Waals surface area (Å²) >= 11 is 5.81. The van der Waals surface area contributed by atoms with Crippen LogP contribution in [0.2, 0.25) is 5.02 Å². The van der Waals surface area contributed by atoms with E-state index >= 15 is 0 Å². The minimum Gasteiger partial charge on any atom is -0.344 e. The van der Waals surface area contributed by atoms with Crippen molar-refractivity contribution in [3.05, 3.63) is 29.1 Å². The van der Waals surface area contributed by atoms with Gasteiger partial charge in [0.1, 0.15) is 5.82 Å². The molecule has 0 spiro atoms. The molecule has 0 saturated heterocycles. The molecule has 3 heterocycles. The zero-order valence-corrected chi connectivity index (χ0v) is 12.3. The first-order valence-electron chi connectivity index (χ1n) is 6.81. The van der Waals surface area contributed by atoms with Crippen LogP contribution in [0.3, 0.4) is 0 Å². The fraction of sp³-hybridized carbons (Fsp3) is 0.538. The highest BCUT2D eigenvalue weighted by Crippen LogP contribution is 2.27. The summed E-state index contributed by atoms with van der Waals surface area (Å²) in [5.74, 6) is 2.95. The summed E-state index contributed by atoms with van der Waals surface area (Å²) < 4.78 is 2.20. The maximum Gasteiger partial charge on any atom is 0.223 e. The van der Waals surface area contributed by atoms with Crippen molar-refractivity contribution in [1.29, 1.82) is 0 Å². The smallest absolute Gasteiger partial charge is 0.223 e. The van der Waals surface area contributed by atoms with Crippen molar-refractivity contribution in [2.24, 2.45) is 5.92 Å². The molecule has 1 aliphatic rings. The third kappa shape index (κ3) is 2.47. The van der Waals surface area contributed by atoms with Gasteiger partial charge in [-0.25, -0.2) is 9.97 Å². The molecule has 106 valence electrons. The molecule has 6 nitrogen and oxygen atoms in total. The van der Waals surface area contributed by atoms with Gasteiger partial charge in [0.25, 0.3) is 0 Å². The molecule has 0 unspecified atom stereocenters. The van der Waals surface area contributed by atoms with E-state index in [-0.39, 0.29) is 6.04 Å². The van der Waals surface area contributed by atoms with Gasteiger partial charge in [-0.15, -0.1) is 10.2 Å². The third-order valence-electron chi connectivity index (χ3n) is 3.49. The Balaban J connectivity index is 1.87. The normalized spacial score (nSPS) is 15.4. The van der Waals surface area contributed by atoms with Gasteiger partial charge in [0.2, 0.25) is 5.95 Å². The summed E-state index contributed by atoms with van der Waals surface area (Å²) in [6.45, 7) is 5.28. The van der Waals surface area contributed by atoms with Gasteiger partial charge in [0, 0.05) is 13.0 Å². The van der Waals surface area contributed by atoms with E-state index in [9.17, 15) is 0 Å². The minimum absolute atomic E-state index is 0.0375. The standard InChI is InChI=1S/C13H17ClN6/c1-8(2)11(17-13-15-6-9(14)7-16-13)12-19-18-10-4-3-5-20(10)12/h6-8,11H,3-5H2,1-2H3,(H,15,16,17)/t11-/m1/s1. The molecule has 0 amide bonds. The highest BCUT2D eigenvalue weighted by Gasteiger charge is 2.26. The summed E-state index contributed by atoms with van der Waals surface area (Å²) in [6, 6.07) is 0.0375. The molecule has 1 N–H and O–H groups in total. The van der Waals surface area contributed by atoms with E-state index in [2.05, 4.69) is 43.9 Å². The second kappa shape index (κ2) is 5.36. The minimum atomic E-state index is 0.0375. The van der Waals surface area contributed by atoms with Crippen LogP contribution >= 0.6 is 11.6 Å². The van der Waals surface area contributed by atoms with E-state index in [1.807, 2.05) is 0 Å². The van der Waals surface area contributed by atoms with Gasteiger partial charge in [-0.05, 0) is 12.3 Å². The quantitative estimate of drug-likeness (QED) is 0.937. The second-order valence-corrected chi connectivity index (χ2v) is 5.76. The molecule has 0 fully saturated rings. The average molecular weight is 293 g/mol. The number of aromatic nitrogens is 5. The second-order valence-electron chi connectivity index (χ2n) is 5.32. The first-order chi connectivity index (χ1) is 9.65. The van der Waals surface area contributed by atoms with Crippen molar-refractivity contribution in [3.63, 3.8) is 0 Å². The predicted octanol–water partition coefficient (Wildman–Crippen LogP) is 2.48. The number of anilines is 1. The third-order valence-corrected chi connectivity index (χ3v) is 3.68. The summed E-state index contributed by atoms with van der Waals surface area (Å²) in [5.41, 5.74) is 0. The number of nitrogens with one attached hydrogen (secondary N) is 1. The molecule has 0 radical (unpaired) electrons. The molecular weight excluding hydrogens is 276 g/mol. The maximum absolute atomic E-state index is 5.81. The molecule has 0 aliphatic carbocycles. The largest absolute Gasteiger partial charge is 0.344 e. The van der Waals surface area contributed by atoms with Crippen molar-refractivity contribution < 1.29 is 0 Å². The lowest BCUT2D eigenvalue weighted by Crippen LogP contribution is -2.22. The number of aryl methyl sites for hydroxylation is 1. The molecular formula is C13H17ClN6. The van der Waals surface area contributed by atoms with E-state index in [1.54, 1.807) is 12.4 Å². The van der Waals surface area contributed by atoms with Crippen LogP contribution in [0.4, 0.5) is 5.95 Å². The Bertz CT molecular complexity index is 591. The van der Waals surface area contributed by atoms with Crippen LogP contribution in [0.25, 0.3) is 0 Å². The van der Waals surface area contributed by atoms with E-state index in [4.69, 9.17) is 11.6 Å². The fourth-order valence-electron chi connectivity index (χ4n) is 2.46. The summed E-state index contributed by atoms with van der Waals surface area (Å²) in [4.78, 5) is 8.38. The van der Waals surface area contributed by atoms with Gasteiger partial charge < -0.3 is 9.88 Å². The molecule has 1 aliphatic heterocycles. The van der Waals surface area contributed by atoms with E-state index in [1.165, 1.54) is 0 Å². The molecule has 20 heavy (non-hydrogen) atoms. The lowest BCUT2D eigenvalue weighted by atomic mass is 10.0. The zero-order chi connectivity index (χ0) is 14.1. The lowest BCUT2D eigenvalue weighted by Gasteiger charge is -2.21. The Labute approximate surface area is 122 Å². The van der Waals surface area contributed by atoms with Gasteiger partial charge >= 0.3 is 0 Å². The van der Waals surface area contributed by atoms with Crippen LogP contribution < -0.4 is 5.32 Å². The van der Waals surface area contributed by atoms with E-state index < -0.39 is 0 Å². The summed E-state index contributed by atoms with van der Waals surface area (Å²) in [7, 11) is 0. The number of rotatable bonds is 4. The first kappa shape index (κ1) is 13.3. The van der Waals surface area contributed by atoms with E-state index in [0.29, 0.717) is 16.9 Å². The van der Waals surface area contributed by atoms with E-state index in [0.717, 1.165) is 31.0 Å². The Hall–Kier alpha value is -1.69. The van der Waals surface area contributed by atoms with Crippen molar-refractivity contribution in [1.82, 2.24) is 24.7 Å². The Morgan fingerprint density at radius 1 is 1.25 bits per heavy atom. The predicted molar refractivity (Wildman–Crippen MR) is 76.6 cm³/mol. The molecule has 2 aromatic heterocycles. The van der Waals surface area contributed by atoms with Crippen molar-refractivity contribution in [2.45, 2.75) is 39.3 Å². The highest BCUT2D eigenvalue weighted by molar-refractivity contribution is 6.30. The first-order valence-corrected chi connectivity index (χ1v) is 7.19. The molecule has 7 heteroatoms. The molecule has 0 bridgehead atoms. The monoisotopic (exact) mass is 292 g/mol. The highest BCUT2D eigenvalue weighted by atomic mass is 35.5. The molecule has 0 aromatic carbocycles. The maximum atomic E-state index is 5.81. The van der Waals surface area contributed by atoms with Gasteiger partial charge in [0.05, 0.1) is 23.5 Å². The van der Waals surface area contributed by atoms with Gasteiger partial charge in [-0.1, -0.05) is 25.4 Å². The van der Waals surface area contributed by atoms with Crippen LogP contribution in [0.5, 0.6) is 0 Å². The summed E-state index contributed by atoms with van der Waals surface area (Å²) in [6.07, 6.45) is 5.32. The summed E-state index contributed by atoms with van der Waals surface area (Å²) in [5, 5.41) is 12.5. The molecule has 1 atom stereocenters. The van der Waals surface area contributed by atoms with Gasteiger partial charge in [0.15, 0.2) is 5.82 Å². The number of halogens is 1. The Morgan fingerprint density at radius 2 is 2.00 bits per heavy atom. The van der Waals surface area contributed by atoms with Gasteiger partial charge in [-0.3, -0.25) is 0 Å². The molecule has 2 aromatic rings. The van der Waals surface area contributed by atoms with Crippen LogP contribution in [0.1, 0.15) is 38.0 Å². The van der Waals surface area contributed by atoms with Crippen molar-refractivity contribution in [2.75, 3.05) is 5.32 Å². The Kier molecular flexibility index (Phi) is 3.56. The SMILES string of the molecule is CC(C)[C@@H](Nc1ncc(Cl)cn1)c1nnc2n1CCC2. The number of hydrogen-bond acceptors (Lipinski definition) is 5. The average Bonchev–Trinajstić information content (AvgIpc) is 3.01. The van der Waals surface area contributed by atoms with Crippen LogP contribution in [-0.2, 0) is 13.0 Å². The van der Waals surface area contributed by atoms with Crippen LogP contribution in [0.15, 0.2) is 12.4 Å². The molecule has 0 saturated carbocycles. The topological polar surface area (TPSA) is 68.5 Å². The Morgan fingerprint density at radius 3 is 2.70 bits per heavy atom. The zero-order valence-electron chi connectivity index (χ0n) is 11.5. The number of hydrogen-bond donors (Lipinski definition) is 1. The number of nitrogens with zero attached hydrogens (tertiary/aromatic N) is 5. The van der Waals surface area contributed by atoms with Crippen LogP contribution in [-0.4, -0.2) is 24.7 Å². The number of fused-ring (bicyclic) bond motifs is 1. The van der Waals surface area contributed by atoms with Crippen LogP contribution in [0, 0.1) is 5.92 Å².